The molecule has 3 unspecified atom stereocenters. The summed E-state index contributed by atoms with van der Waals surface area (Å²) in [6, 6.07) is 7.23. The van der Waals surface area contributed by atoms with Crippen LogP contribution in [0.3, 0.4) is 0 Å². The molecule has 19 heavy (non-hydrogen) atoms. The number of unbranched alkanes of at least 4 members (excludes halogenated alkanes) is 1. The molecule has 0 heterocycles. The first kappa shape index (κ1) is 13.2. The van der Waals surface area contributed by atoms with Crippen LogP contribution in [0.4, 0.5) is 0 Å². The van der Waals surface area contributed by atoms with Crippen LogP contribution in [0.25, 0.3) is 0 Å². The molecular weight excluding hydrogens is 228 g/mol. The molecule has 0 radical (unpaired) electrons. The van der Waals surface area contributed by atoms with Crippen LogP contribution in [0.1, 0.15) is 74.5 Å². The highest BCUT2D eigenvalue weighted by molar-refractivity contribution is 5.36. The lowest BCUT2D eigenvalue weighted by Gasteiger charge is -2.26. The van der Waals surface area contributed by atoms with Gasteiger partial charge < -0.3 is 0 Å². The Bertz CT molecular complexity index is 432. The summed E-state index contributed by atoms with van der Waals surface area (Å²) in [6.07, 6.45) is 11.4. The highest BCUT2D eigenvalue weighted by Crippen LogP contribution is 2.49. The summed E-state index contributed by atoms with van der Waals surface area (Å²) >= 11 is 0. The maximum absolute atomic E-state index is 2.50. The molecule has 3 atom stereocenters. The normalized spacial score (nSPS) is 29.7. The van der Waals surface area contributed by atoms with Gasteiger partial charge in [-0.15, -0.1) is 0 Å². The second-order valence-electron chi connectivity index (χ2n) is 6.84. The van der Waals surface area contributed by atoms with E-state index in [2.05, 4.69) is 32.0 Å². The molecule has 0 heteroatoms. The Hall–Kier alpha value is -0.780. The van der Waals surface area contributed by atoms with E-state index in [1.54, 1.807) is 11.1 Å². The minimum Gasteiger partial charge on any atom is -0.0654 e. The van der Waals surface area contributed by atoms with Gasteiger partial charge in [-0.05, 0) is 61.5 Å². The number of hydrogen-bond acceptors (Lipinski definition) is 0. The van der Waals surface area contributed by atoms with E-state index in [0.717, 1.165) is 17.8 Å². The Morgan fingerprint density at radius 2 is 2.05 bits per heavy atom. The highest BCUT2D eigenvalue weighted by Gasteiger charge is 2.37. The molecule has 2 aliphatic rings. The molecule has 0 aromatic heterocycles. The van der Waals surface area contributed by atoms with Crippen LogP contribution < -0.4 is 0 Å². The lowest BCUT2D eigenvalue weighted by atomic mass is 9.78. The number of fused-ring (bicyclic) bond motifs is 3. The van der Waals surface area contributed by atoms with Gasteiger partial charge in [0.05, 0.1) is 0 Å². The summed E-state index contributed by atoms with van der Waals surface area (Å²) in [5, 5.41) is 0. The standard InChI is InChI=1S/C19H28/c1-3-4-6-15-11-12-16-10-9-14(2)13-19(16)18-8-5-7-17(15)18/h9-10,13,15,17-18H,3-8,11-12H2,1-2H3. The summed E-state index contributed by atoms with van der Waals surface area (Å²) in [5.74, 6) is 2.88. The third-order valence-electron chi connectivity index (χ3n) is 5.59. The average Bonchev–Trinajstić information content (AvgIpc) is 2.84. The first-order valence-corrected chi connectivity index (χ1v) is 8.39. The van der Waals surface area contributed by atoms with Gasteiger partial charge in [-0.25, -0.2) is 0 Å². The van der Waals surface area contributed by atoms with Gasteiger partial charge in [0.15, 0.2) is 0 Å². The molecule has 0 saturated heterocycles. The van der Waals surface area contributed by atoms with Crippen LogP contribution in [0.2, 0.25) is 0 Å². The minimum absolute atomic E-state index is 0.888. The minimum atomic E-state index is 0.888. The molecule has 1 fully saturated rings. The van der Waals surface area contributed by atoms with Crippen molar-refractivity contribution in [2.75, 3.05) is 0 Å². The average molecular weight is 256 g/mol. The predicted molar refractivity (Wildman–Crippen MR) is 82.6 cm³/mol. The Labute approximate surface area is 118 Å². The van der Waals surface area contributed by atoms with E-state index in [4.69, 9.17) is 0 Å². The molecule has 0 spiro atoms. The van der Waals surface area contributed by atoms with Crippen molar-refractivity contribution in [2.24, 2.45) is 11.8 Å². The second kappa shape index (κ2) is 5.69. The molecule has 0 bridgehead atoms. The third kappa shape index (κ3) is 2.59. The second-order valence-corrected chi connectivity index (χ2v) is 6.84. The monoisotopic (exact) mass is 256 g/mol. The van der Waals surface area contributed by atoms with Gasteiger partial charge in [0, 0.05) is 0 Å². The van der Waals surface area contributed by atoms with Gasteiger partial charge in [0.2, 0.25) is 0 Å². The van der Waals surface area contributed by atoms with Crippen LogP contribution >= 0.6 is 0 Å². The summed E-state index contributed by atoms with van der Waals surface area (Å²) in [5.41, 5.74) is 4.85. The molecule has 3 rings (SSSR count). The van der Waals surface area contributed by atoms with Crippen molar-refractivity contribution in [1.29, 1.82) is 0 Å². The Kier molecular flexibility index (Phi) is 3.96. The number of rotatable bonds is 3. The van der Waals surface area contributed by atoms with E-state index < -0.39 is 0 Å². The molecule has 0 nitrogen and oxygen atoms in total. The van der Waals surface area contributed by atoms with Crippen molar-refractivity contribution in [3.8, 4) is 0 Å². The molecule has 1 saturated carbocycles. The molecule has 0 amide bonds. The van der Waals surface area contributed by atoms with Gasteiger partial charge in [-0.2, -0.15) is 0 Å². The fraction of sp³-hybridized carbons (Fsp3) is 0.684. The van der Waals surface area contributed by atoms with E-state index in [0.29, 0.717) is 0 Å². The zero-order valence-electron chi connectivity index (χ0n) is 12.6. The first-order chi connectivity index (χ1) is 9.29. The smallest absolute Gasteiger partial charge is 0.0128 e. The van der Waals surface area contributed by atoms with Gasteiger partial charge in [-0.1, -0.05) is 56.4 Å². The fourth-order valence-electron chi connectivity index (χ4n) is 4.61. The number of aryl methyl sites for hydroxylation is 2. The molecular formula is C19H28. The van der Waals surface area contributed by atoms with E-state index in [-0.39, 0.29) is 0 Å². The molecule has 0 N–H and O–H groups in total. The summed E-state index contributed by atoms with van der Waals surface area (Å²) in [7, 11) is 0. The van der Waals surface area contributed by atoms with E-state index in [1.807, 2.05) is 0 Å². The van der Waals surface area contributed by atoms with Crippen LogP contribution in [0.15, 0.2) is 18.2 Å². The van der Waals surface area contributed by atoms with Crippen LogP contribution in [0, 0.1) is 18.8 Å². The van der Waals surface area contributed by atoms with Crippen molar-refractivity contribution in [1.82, 2.24) is 0 Å². The predicted octanol–water partition coefficient (Wildman–Crippen LogP) is 5.63. The van der Waals surface area contributed by atoms with Crippen molar-refractivity contribution in [2.45, 2.75) is 71.1 Å². The van der Waals surface area contributed by atoms with Gasteiger partial charge >= 0.3 is 0 Å². The van der Waals surface area contributed by atoms with Gasteiger partial charge in [0.1, 0.15) is 0 Å². The van der Waals surface area contributed by atoms with Crippen molar-refractivity contribution in [3.05, 3.63) is 34.9 Å². The van der Waals surface area contributed by atoms with E-state index >= 15 is 0 Å². The van der Waals surface area contributed by atoms with Gasteiger partial charge in [0.25, 0.3) is 0 Å². The zero-order chi connectivity index (χ0) is 13.2. The first-order valence-electron chi connectivity index (χ1n) is 8.39. The maximum Gasteiger partial charge on any atom is -0.0128 e. The Morgan fingerprint density at radius 1 is 1.16 bits per heavy atom. The molecule has 0 aliphatic heterocycles. The summed E-state index contributed by atoms with van der Waals surface area (Å²) in [6.45, 7) is 4.59. The highest BCUT2D eigenvalue weighted by atomic mass is 14.4. The van der Waals surface area contributed by atoms with E-state index in [9.17, 15) is 0 Å². The molecule has 1 aromatic rings. The SMILES string of the molecule is CCCCC1CCc2ccc(C)cc2C2CCCC12. The van der Waals surface area contributed by atoms with Crippen LogP contribution in [-0.4, -0.2) is 0 Å². The quantitative estimate of drug-likeness (QED) is 0.657. The van der Waals surface area contributed by atoms with Crippen molar-refractivity contribution in [3.63, 3.8) is 0 Å². The largest absolute Gasteiger partial charge is 0.0654 e. The molecule has 1 aromatic carbocycles. The lowest BCUT2D eigenvalue weighted by molar-refractivity contribution is 0.279. The number of hydrogen-bond donors (Lipinski definition) is 0. The summed E-state index contributed by atoms with van der Waals surface area (Å²) < 4.78 is 0. The van der Waals surface area contributed by atoms with Gasteiger partial charge in [-0.3, -0.25) is 0 Å². The van der Waals surface area contributed by atoms with E-state index in [1.165, 1.54) is 56.9 Å². The van der Waals surface area contributed by atoms with Crippen LogP contribution in [-0.2, 0) is 6.42 Å². The summed E-state index contributed by atoms with van der Waals surface area (Å²) in [4.78, 5) is 0. The number of benzene rings is 1. The Balaban J connectivity index is 1.89. The fourth-order valence-corrected chi connectivity index (χ4v) is 4.61. The topological polar surface area (TPSA) is 0 Å². The third-order valence-corrected chi connectivity index (χ3v) is 5.59. The zero-order valence-corrected chi connectivity index (χ0v) is 12.6. The molecule has 2 aliphatic carbocycles. The van der Waals surface area contributed by atoms with Crippen molar-refractivity contribution < 1.29 is 0 Å². The van der Waals surface area contributed by atoms with Crippen LogP contribution in [0.5, 0.6) is 0 Å². The van der Waals surface area contributed by atoms with Crippen molar-refractivity contribution >= 4 is 0 Å². The maximum atomic E-state index is 2.50. The lowest BCUT2D eigenvalue weighted by Crippen LogP contribution is -2.16. The Morgan fingerprint density at radius 3 is 2.89 bits per heavy atom. The molecule has 104 valence electrons.